The van der Waals surface area contributed by atoms with Crippen molar-refractivity contribution in [2.45, 2.75) is 60.3 Å². The average molecular weight is 1700 g/mol. The molecule has 4 rings (SSSR count). The minimum atomic E-state index is -0.142. The van der Waals surface area contributed by atoms with Crippen molar-refractivity contribution < 1.29 is 19.0 Å². The van der Waals surface area contributed by atoms with Gasteiger partial charge in [-0.3, -0.25) is 14.8 Å². The summed E-state index contributed by atoms with van der Waals surface area (Å²) in [6.45, 7) is 17.5. The van der Waals surface area contributed by atoms with E-state index >= 15 is 0 Å². The second-order valence-electron chi connectivity index (χ2n) is 21.2. The van der Waals surface area contributed by atoms with Crippen LogP contribution in [0.25, 0.3) is 5.76 Å². The number of hydrogen-bond acceptors (Lipinski definition) is 14. The highest BCUT2D eigenvalue weighted by atomic mass is 16.5. The van der Waals surface area contributed by atoms with Crippen molar-refractivity contribution in [2.24, 2.45) is 0 Å². The Morgan fingerprint density at radius 1 is 0.289 bits per heavy atom. The zero-order chi connectivity index (χ0) is 98.1. The normalized spacial score (nSPS) is 6.09. The van der Waals surface area contributed by atoms with Crippen LogP contribution in [0.1, 0.15) is 87.6 Å². The van der Waals surface area contributed by atoms with Crippen molar-refractivity contribution in [1.82, 2.24) is 29.9 Å². The first-order valence-electron chi connectivity index (χ1n) is 36.4. The van der Waals surface area contributed by atoms with Crippen LogP contribution in [0, 0.1) is 534 Å². The summed E-state index contributed by atoms with van der Waals surface area (Å²) in [5.74, 6) is 218. The van der Waals surface area contributed by atoms with Crippen LogP contribution in [-0.4, -0.2) is 42.3 Å². The molecule has 0 unspecified atom stereocenters. The molecule has 0 atom stereocenters. The van der Waals surface area contributed by atoms with Crippen LogP contribution in [0.5, 0.6) is 23.0 Å². The number of Topliss-reactive ketones (excluding diaryl/α,β-unsaturated/α-hetero) is 1. The van der Waals surface area contributed by atoms with Gasteiger partial charge in [0.2, 0.25) is 11.9 Å². The fourth-order valence-corrected chi connectivity index (χ4v) is 6.36. The first-order valence-corrected chi connectivity index (χ1v) is 36.4. The Kier molecular flexibility index (Phi) is 63.6. The minimum Gasteiger partial charge on any atom is -0.492 e. The molecule has 0 aliphatic heterocycles. The van der Waals surface area contributed by atoms with Crippen LogP contribution >= 0.6 is 0 Å². The molecule has 0 bridgehead atoms. The second kappa shape index (κ2) is 79.8. The number of terminal acetylenes is 3. The van der Waals surface area contributed by atoms with Crippen molar-refractivity contribution in [2.75, 3.05) is 29.5 Å². The van der Waals surface area contributed by atoms with Gasteiger partial charge in [-0.2, -0.15) is 9.97 Å². The number of carbonyl (C=O) groups is 1. The van der Waals surface area contributed by atoms with Crippen LogP contribution in [0.15, 0.2) is 43.5 Å². The summed E-state index contributed by atoms with van der Waals surface area (Å²) in [7, 11) is 0. The topological polar surface area (TPSA) is 226 Å². The number of anilines is 4. The molecule has 4 heterocycles. The van der Waals surface area contributed by atoms with Gasteiger partial charge in [-0.1, -0.05) is 40.2 Å². The monoisotopic (exact) mass is 1700 g/mol. The number of nitrogens with zero attached hydrogens (tertiary/aromatic N) is 6. The summed E-state index contributed by atoms with van der Waals surface area (Å²) in [5.41, 5.74) is 25.2. The van der Waals surface area contributed by atoms with Gasteiger partial charge in [0.1, 0.15) is 28.6 Å². The van der Waals surface area contributed by atoms with Crippen molar-refractivity contribution >= 4 is 35.1 Å². The van der Waals surface area contributed by atoms with Gasteiger partial charge in [-0.15, -0.1) is 19.3 Å². The summed E-state index contributed by atoms with van der Waals surface area (Å²) in [4.78, 5) is 35.4. The zero-order valence-electron chi connectivity index (χ0n) is 71.9. The SMILES string of the molecule is C#CC#CC#CC#CC#CC#CC#CC#CC#CC#CC#CC#CC#CC#CC#CC#CC#CC#CC#CC#CC#CC#CC.C#CC#CC#CC#CC#CC#CC#CC#CC#CC#CC#CC#CC#CC#CC#CC#CC#CC#CC#CC#CC#CC#CC#C.C=C(OCC)c1cc(Oc2cnc(N)nc2N)c(C(C)C)cn1.CC(=O)c1cc(Oc2cnc(N)nc2N)c(C(C)C)cn1. The Labute approximate surface area is 792 Å². The Morgan fingerprint density at radius 3 is 0.630 bits per heavy atom. The van der Waals surface area contributed by atoms with E-state index in [1.807, 2.05) is 34.6 Å². The Balaban J connectivity index is 0.000000946. The number of ether oxygens (including phenoxy) is 3. The Hall–Kier alpha value is -25.3. The van der Waals surface area contributed by atoms with E-state index in [1.165, 1.54) is 19.3 Å². The number of nitrogen functional groups attached to an aromatic ring is 4. The summed E-state index contributed by atoms with van der Waals surface area (Å²) in [5, 5.41) is 0. The summed E-state index contributed by atoms with van der Waals surface area (Å²) in [6.07, 6.45) is 21.0. The van der Waals surface area contributed by atoms with Gasteiger partial charge in [-0.05, 0) is 215 Å². The third-order valence-electron chi connectivity index (χ3n) is 11.4. The highest BCUT2D eigenvalue weighted by Gasteiger charge is 2.17. The Morgan fingerprint density at radius 2 is 0.467 bits per heavy atom. The molecular formula is C121H44N10O4. The molecule has 0 amide bonds. The van der Waals surface area contributed by atoms with E-state index in [0.717, 1.165) is 11.1 Å². The van der Waals surface area contributed by atoms with E-state index in [9.17, 15) is 4.79 Å². The number of pyridine rings is 2. The third kappa shape index (κ3) is 64.3. The number of rotatable bonds is 10. The third-order valence-corrected chi connectivity index (χ3v) is 11.4. The lowest BCUT2D eigenvalue weighted by atomic mass is 10.0. The molecule has 0 aromatic carbocycles. The number of hydrogen-bond donors (Lipinski definition) is 4. The molecule has 135 heavy (non-hydrogen) atoms. The first kappa shape index (κ1) is 108. The van der Waals surface area contributed by atoms with Crippen molar-refractivity contribution in [3.8, 4) is 557 Å². The molecule has 0 aliphatic carbocycles. The van der Waals surface area contributed by atoms with Crippen molar-refractivity contribution in [1.29, 1.82) is 0 Å². The van der Waals surface area contributed by atoms with Gasteiger partial charge in [0.05, 0.1) is 19.0 Å². The lowest BCUT2D eigenvalue weighted by molar-refractivity contribution is 0.101. The lowest BCUT2D eigenvalue weighted by Crippen LogP contribution is -2.04. The van der Waals surface area contributed by atoms with Crippen molar-refractivity contribution in [3.05, 3.63) is 66.0 Å². The highest BCUT2D eigenvalue weighted by Crippen LogP contribution is 2.35. The average Bonchev–Trinajstić information content (AvgIpc) is 0.824. The van der Waals surface area contributed by atoms with E-state index in [2.05, 4.69) is 552 Å². The minimum absolute atomic E-state index is 0.0723. The molecule has 14 heteroatoms. The summed E-state index contributed by atoms with van der Waals surface area (Å²) >= 11 is 0. The first-order chi connectivity index (χ1) is 66.1. The lowest BCUT2D eigenvalue weighted by Gasteiger charge is -2.16. The molecule has 0 spiro atoms. The Bertz CT molecular complexity index is 8490. The number of ketones is 1. The van der Waals surface area contributed by atoms with Gasteiger partial charge < -0.3 is 37.1 Å². The number of nitrogens with two attached hydrogens (primary N) is 4. The molecule has 4 aromatic rings. The zero-order valence-corrected chi connectivity index (χ0v) is 71.9. The molecule has 0 aliphatic rings. The van der Waals surface area contributed by atoms with E-state index < -0.39 is 0 Å². The van der Waals surface area contributed by atoms with E-state index in [4.69, 9.17) is 56.4 Å². The van der Waals surface area contributed by atoms with Crippen LogP contribution in [0.3, 0.4) is 0 Å². The maximum Gasteiger partial charge on any atom is 0.222 e. The predicted molar refractivity (Wildman–Crippen MR) is 528 cm³/mol. The van der Waals surface area contributed by atoms with Gasteiger partial charge in [0.15, 0.2) is 28.9 Å². The maximum absolute atomic E-state index is 11.5. The van der Waals surface area contributed by atoms with Gasteiger partial charge in [-0.25, -0.2) is 9.97 Å². The van der Waals surface area contributed by atoms with E-state index in [1.54, 1.807) is 31.5 Å². The smallest absolute Gasteiger partial charge is 0.222 e. The molecule has 8 N–H and O–H groups in total. The molecule has 0 saturated carbocycles. The molecule has 0 saturated heterocycles. The summed E-state index contributed by atoms with van der Waals surface area (Å²) in [6, 6.07) is 3.36. The van der Waals surface area contributed by atoms with E-state index in [0.29, 0.717) is 41.0 Å². The van der Waals surface area contributed by atoms with Crippen LogP contribution < -0.4 is 32.4 Å². The molecule has 0 fully saturated rings. The van der Waals surface area contributed by atoms with Crippen LogP contribution in [0.2, 0.25) is 0 Å². The molecule has 0 radical (unpaired) electrons. The molecule has 602 valence electrons. The van der Waals surface area contributed by atoms with Crippen molar-refractivity contribution in [3.63, 3.8) is 0 Å². The largest absolute Gasteiger partial charge is 0.492 e. The molecule has 14 nitrogen and oxygen atoms in total. The van der Waals surface area contributed by atoms with Crippen LogP contribution in [-0.2, 0) is 4.74 Å². The van der Waals surface area contributed by atoms with Gasteiger partial charge in [0, 0.05) is 362 Å². The second-order valence-corrected chi connectivity index (χ2v) is 21.2. The predicted octanol–water partition coefficient (Wildman–Crippen LogP) is 6.15. The highest BCUT2D eigenvalue weighted by molar-refractivity contribution is 5.92. The standard InChI is InChI=1S/C46H2.C45H4.C16H21N5O2.C14H17N5O2/c1-3-5-7-9-11-13-15-17-19-21-23-25-27-29-31-33-35-37-39-41-43-45-46-44-42-40-38-36-34-32-30-28-26-24-22-20-18-16-14-12-10-8-6-4-2;1-3-5-7-9-11-13-15-17-19-21-23-25-27-29-31-33-35-37-39-41-43-45-44-42-40-38-36-34-32-30-28-26-24-22-20-18-16-14-12-10-8-6-4-2;1-5-22-10(4)12-6-13(11(7-19-12)9(2)3)23-14-8-20-16(18)21-15(14)17;1-7(2)9-5-17-10(8(3)20)4-11(9)21-12-6-18-14(16)19-13(12)15/h1-2H;1H,2H3;6-9H,4-5H2,1-3H3,(H4,17,18,20,21);4-7H,1-3H3,(H4,15,16,18,19). The van der Waals surface area contributed by atoms with E-state index in [-0.39, 0.29) is 46.9 Å². The van der Waals surface area contributed by atoms with Gasteiger partial charge in [0.25, 0.3) is 0 Å². The number of carbonyl (C=O) groups excluding carboxylic acids is 1. The maximum atomic E-state index is 11.5. The fourth-order valence-electron chi connectivity index (χ4n) is 6.36. The summed E-state index contributed by atoms with van der Waals surface area (Å²) < 4.78 is 17.0. The quantitative estimate of drug-likeness (QED) is 0.0795. The molecular weight excluding hydrogens is 1660 g/mol. The molecule has 4 aromatic heterocycles. The fraction of sp³-hybridized carbons (Fsp3) is 0.0826. The van der Waals surface area contributed by atoms with Gasteiger partial charge >= 0.3 is 0 Å². The van der Waals surface area contributed by atoms with Crippen LogP contribution in [0.4, 0.5) is 23.5 Å². The number of aromatic nitrogens is 6.